The molecule has 60 heavy (non-hydrogen) atoms. The number of hydrogen-bond donors (Lipinski definition) is 0. The van der Waals surface area contributed by atoms with Gasteiger partial charge in [0.2, 0.25) is 0 Å². The van der Waals surface area contributed by atoms with Crippen LogP contribution in [0.4, 0.5) is 0 Å². The van der Waals surface area contributed by atoms with Crippen LogP contribution in [0.25, 0.3) is 122 Å². The Kier molecular flexibility index (Phi) is 7.82. The summed E-state index contributed by atoms with van der Waals surface area (Å²) in [7, 11) is 0. The summed E-state index contributed by atoms with van der Waals surface area (Å²) in [5, 5.41) is 9.83. The molecular weight excluding hydrogens is 729 g/mol. The Labute approximate surface area is 346 Å². The number of fused-ring (bicyclic) bond motifs is 3. The first kappa shape index (κ1) is 34.0. The molecule has 9 aromatic carbocycles. The lowest BCUT2D eigenvalue weighted by molar-refractivity contribution is 1.18. The third-order valence-electron chi connectivity index (χ3n) is 11.8. The number of pyridine rings is 2. The van der Waals surface area contributed by atoms with Gasteiger partial charge >= 0.3 is 0 Å². The van der Waals surface area contributed by atoms with Gasteiger partial charge in [-0.2, -0.15) is 0 Å². The third kappa shape index (κ3) is 5.77. The molecule has 0 N–H and O–H groups in total. The highest BCUT2D eigenvalue weighted by Crippen LogP contribution is 2.40. The first-order valence-electron chi connectivity index (χ1n) is 20.3. The Bertz CT molecular complexity index is 3510. The van der Waals surface area contributed by atoms with Crippen molar-refractivity contribution in [3.05, 3.63) is 206 Å². The van der Waals surface area contributed by atoms with Gasteiger partial charge in [-0.1, -0.05) is 182 Å². The molecule has 0 fully saturated rings. The van der Waals surface area contributed by atoms with Crippen molar-refractivity contribution in [2.24, 2.45) is 0 Å². The minimum Gasteiger partial charge on any atom is -0.245 e. The van der Waals surface area contributed by atoms with Crippen LogP contribution >= 0.6 is 0 Å². The van der Waals surface area contributed by atoms with E-state index in [4.69, 9.17) is 19.9 Å². The van der Waals surface area contributed by atoms with Crippen LogP contribution in [0.5, 0.6) is 0 Å². The van der Waals surface area contributed by atoms with Crippen LogP contribution < -0.4 is 0 Å². The third-order valence-corrected chi connectivity index (χ3v) is 11.8. The van der Waals surface area contributed by atoms with E-state index in [1.54, 1.807) is 0 Å². The zero-order valence-corrected chi connectivity index (χ0v) is 32.4. The largest absolute Gasteiger partial charge is 0.245 e. The zero-order valence-electron chi connectivity index (χ0n) is 32.4. The Morgan fingerprint density at radius 3 is 1.37 bits per heavy atom. The number of nitrogens with zero attached hydrogens (tertiary/aromatic N) is 4. The maximum atomic E-state index is 5.31. The number of hydrogen-bond acceptors (Lipinski definition) is 4. The number of aromatic nitrogens is 4. The van der Waals surface area contributed by atoms with E-state index in [-0.39, 0.29) is 0 Å². The van der Waals surface area contributed by atoms with E-state index in [9.17, 15) is 0 Å². The van der Waals surface area contributed by atoms with Gasteiger partial charge in [0.05, 0.1) is 33.8 Å². The van der Waals surface area contributed by atoms with Crippen LogP contribution in [0.15, 0.2) is 206 Å². The van der Waals surface area contributed by atoms with Crippen LogP contribution in [-0.4, -0.2) is 19.9 Å². The van der Waals surface area contributed by atoms with E-state index in [1.807, 2.05) is 36.4 Å². The smallest absolute Gasteiger partial charge is 0.160 e. The van der Waals surface area contributed by atoms with Crippen molar-refractivity contribution >= 4 is 54.1 Å². The lowest BCUT2D eigenvalue weighted by atomic mass is 9.89. The molecule has 0 bridgehead atoms. The fourth-order valence-electron chi connectivity index (χ4n) is 8.80. The van der Waals surface area contributed by atoms with Crippen LogP contribution in [0, 0.1) is 0 Å². The Balaban J connectivity index is 0.910. The van der Waals surface area contributed by atoms with E-state index in [0.29, 0.717) is 5.82 Å². The quantitative estimate of drug-likeness (QED) is 0.158. The molecule has 0 aliphatic carbocycles. The molecule has 0 radical (unpaired) electrons. The molecule has 0 saturated carbocycles. The zero-order chi connectivity index (χ0) is 39.6. The molecule has 0 aliphatic heterocycles. The Morgan fingerprint density at radius 1 is 0.250 bits per heavy atom. The van der Waals surface area contributed by atoms with Gasteiger partial charge in [0.25, 0.3) is 0 Å². The highest BCUT2D eigenvalue weighted by atomic mass is 14.9. The van der Waals surface area contributed by atoms with Crippen LogP contribution in [0.1, 0.15) is 0 Å². The predicted octanol–water partition coefficient (Wildman–Crippen LogP) is 14.5. The molecule has 0 spiro atoms. The first-order valence-corrected chi connectivity index (χ1v) is 20.3. The predicted molar refractivity (Wildman–Crippen MR) is 249 cm³/mol. The molecule has 0 aliphatic rings. The van der Waals surface area contributed by atoms with E-state index < -0.39 is 0 Å². The van der Waals surface area contributed by atoms with Crippen molar-refractivity contribution in [3.8, 4) is 67.5 Å². The van der Waals surface area contributed by atoms with Gasteiger partial charge in [0.1, 0.15) is 0 Å². The minimum absolute atomic E-state index is 0.680. The summed E-state index contributed by atoms with van der Waals surface area (Å²) in [5.41, 5.74) is 12.8. The van der Waals surface area contributed by atoms with Gasteiger partial charge in [-0.05, 0) is 67.7 Å². The molecule has 4 nitrogen and oxygen atoms in total. The summed E-state index contributed by atoms with van der Waals surface area (Å²) in [6, 6.07) is 72.7. The Morgan fingerprint density at radius 2 is 0.717 bits per heavy atom. The van der Waals surface area contributed by atoms with Gasteiger partial charge in [0.15, 0.2) is 5.82 Å². The average molecular weight is 763 g/mol. The summed E-state index contributed by atoms with van der Waals surface area (Å²) < 4.78 is 0. The summed E-state index contributed by atoms with van der Waals surface area (Å²) in [6.07, 6.45) is 0. The molecule has 0 unspecified atom stereocenters. The lowest BCUT2D eigenvalue weighted by Gasteiger charge is -2.15. The fourth-order valence-corrected chi connectivity index (χ4v) is 8.80. The summed E-state index contributed by atoms with van der Waals surface area (Å²) >= 11 is 0. The van der Waals surface area contributed by atoms with E-state index >= 15 is 0 Å². The lowest BCUT2D eigenvalue weighted by Crippen LogP contribution is -1.96. The fraction of sp³-hybridized carbons (Fsp3) is 0. The monoisotopic (exact) mass is 762 g/mol. The van der Waals surface area contributed by atoms with Gasteiger partial charge in [-0.15, -0.1) is 0 Å². The highest BCUT2D eigenvalue weighted by molar-refractivity contribution is 6.25. The van der Waals surface area contributed by atoms with Gasteiger partial charge in [-0.3, -0.25) is 0 Å². The summed E-state index contributed by atoms with van der Waals surface area (Å²) in [4.78, 5) is 20.6. The maximum absolute atomic E-state index is 5.31. The molecule has 3 heterocycles. The minimum atomic E-state index is 0.680. The van der Waals surface area contributed by atoms with Crippen LogP contribution in [0.2, 0.25) is 0 Å². The second-order valence-electron chi connectivity index (χ2n) is 15.4. The average Bonchev–Trinajstić information content (AvgIpc) is 3.33. The molecule has 12 rings (SSSR count). The molecule has 278 valence electrons. The van der Waals surface area contributed by atoms with Crippen molar-refractivity contribution in [3.63, 3.8) is 0 Å². The molecule has 0 saturated heterocycles. The SMILES string of the molecule is c1ccc(-c2cc(-c3ccccc3)nc(-c3ccc(-c4ccc5ccc6ccc(-c7cccc(-c8ccc9ccc%10cccc%11ccc8c9c%10%11)c7)nc6c5n4)cc3)n2)cc1. The van der Waals surface area contributed by atoms with Gasteiger partial charge < -0.3 is 0 Å². The maximum Gasteiger partial charge on any atom is 0.160 e. The van der Waals surface area contributed by atoms with Crippen molar-refractivity contribution in [2.75, 3.05) is 0 Å². The second-order valence-corrected chi connectivity index (χ2v) is 15.4. The Hall–Kier alpha value is -8.08. The summed E-state index contributed by atoms with van der Waals surface area (Å²) in [6.45, 7) is 0. The topological polar surface area (TPSA) is 51.6 Å². The number of benzene rings is 9. The van der Waals surface area contributed by atoms with Crippen LogP contribution in [-0.2, 0) is 0 Å². The summed E-state index contributed by atoms with van der Waals surface area (Å²) in [5.74, 6) is 0.680. The van der Waals surface area contributed by atoms with E-state index in [0.717, 1.165) is 72.4 Å². The van der Waals surface area contributed by atoms with E-state index in [2.05, 4.69) is 170 Å². The molecule has 0 amide bonds. The van der Waals surface area contributed by atoms with Crippen molar-refractivity contribution in [1.82, 2.24) is 19.9 Å². The molecule has 0 atom stereocenters. The van der Waals surface area contributed by atoms with Gasteiger partial charge in [-0.25, -0.2) is 19.9 Å². The standard InChI is InChI=1S/C56H34N4/c1-3-9-35(10-4-1)50-34-51(36-11-5-2-6-12-36)60-56(59-50)43-23-17-37(18-24-43)48-31-27-41-21-22-42-28-32-49(58-55(42)54(41)57-48)45-16-8-15-44(33-45)46-29-25-40-20-19-38-13-7-14-39-26-30-47(46)53(40)52(38)39/h1-34H. The molecule has 3 aromatic heterocycles. The van der Waals surface area contributed by atoms with Gasteiger partial charge in [0, 0.05) is 38.6 Å². The first-order chi connectivity index (χ1) is 29.7. The highest BCUT2D eigenvalue weighted by Gasteiger charge is 2.15. The molecule has 12 aromatic rings. The second kappa shape index (κ2) is 13.8. The van der Waals surface area contributed by atoms with Crippen molar-refractivity contribution in [2.45, 2.75) is 0 Å². The number of rotatable bonds is 6. The van der Waals surface area contributed by atoms with E-state index in [1.165, 1.54) is 43.4 Å². The normalized spacial score (nSPS) is 11.7. The van der Waals surface area contributed by atoms with Crippen molar-refractivity contribution in [1.29, 1.82) is 0 Å². The molecule has 4 heteroatoms. The molecular formula is C56H34N4. The van der Waals surface area contributed by atoms with Crippen molar-refractivity contribution < 1.29 is 0 Å². The van der Waals surface area contributed by atoms with Crippen LogP contribution in [0.3, 0.4) is 0 Å².